The Bertz CT molecular complexity index is 1260. The molecule has 3 heterocycles. The summed E-state index contributed by atoms with van der Waals surface area (Å²) in [4.78, 5) is 26.1. The molecule has 0 bridgehead atoms. The van der Waals surface area contributed by atoms with Crippen molar-refractivity contribution in [2.75, 3.05) is 11.4 Å². The minimum absolute atomic E-state index is 0.0304. The molecule has 1 atom stereocenters. The van der Waals surface area contributed by atoms with E-state index in [4.69, 9.17) is 11.6 Å². The van der Waals surface area contributed by atoms with Gasteiger partial charge >= 0.3 is 6.18 Å². The summed E-state index contributed by atoms with van der Waals surface area (Å²) >= 11 is 6.08. The summed E-state index contributed by atoms with van der Waals surface area (Å²) in [5.41, 5.74) is 0.398. The highest BCUT2D eigenvalue weighted by Crippen LogP contribution is 2.37. The molecule has 3 aromatic rings. The number of fused-ring (bicyclic) bond motifs is 1. The number of rotatable bonds is 3. The molecule has 0 aliphatic carbocycles. The van der Waals surface area contributed by atoms with E-state index in [2.05, 4.69) is 15.3 Å². The van der Waals surface area contributed by atoms with E-state index in [9.17, 15) is 22.8 Å². The topological polar surface area (TPSA) is 86.8 Å². The highest BCUT2D eigenvalue weighted by molar-refractivity contribution is 6.33. The number of hydrogen-bond donors (Lipinski definition) is 2. The average molecular weight is 454 g/mol. The van der Waals surface area contributed by atoms with Crippen LogP contribution in [0.25, 0.3) is 0 Å². The SMILES string of the molecule is Cc1ccc([C@H](C)n2[nH]c(=O)c3c2CCN(c2cn[nH]c(=O)c2Cl)C3)c(C(F)(F)F)c1. The number of halogens is 4. The third-order valence-corrected chi connectivity index (χ3v) is 5.94. The predicted molar refractivity (Wildman–Crippen MR) is 110 cm³/mol. The molecular formula is C20H19ClF3N5O2. The third-order valence-electron chi connectivity index (χ3n) is 5.57. The molecule has 0 unspecified atom stereocenters. The van der Waals surface area contributed by atoms with Gasteiger partial charge in [-0.2, -0.15) is 18.3 Å². The molecule has 2 N–H and O–H groups in total. The summed E-state index contributed by atoms with van der Waals surface area (Å²) in [5, 5.41) is 8.66. The summed E-state index contributed by atoms with van der Waals surface area (Å²) in [6, 6.07) is 3.46. The van der Waals surface area contributed by atoms with Gasteiger partial charge < -0.3 is 4.90 Å². The quantitative estimate of drug-likeness (QED) is 0.636. The van der Waals surface area contributed by atoms with Gasteiger partial charge in [-0.25, -0.2) is 5.10 Å². The molecule has 164 valence electrons. The number of anilines is 1. The van der Waals surface area contributed by atoms with Crippen molar-refractivity contribution in [3.8, 4) is 0 Å². The molecule has 0 fully saturated rings. The van der Waals surface area contributed by atoms with Gasteiger partial charge in [0.15, 0.2) is 0 Å². The van der Waals surface area contributed by atoms with Gasteiger partial charge in [-0.1, -0.05) is 29.3 Å². The Morgan fingerprint density at radius 3 is 2.68 bits per heavy atom. The highest BCUT2D eigenvalue weighted by Gasteiger charge is 2.36. The molecule has 7 nitrogen and oxygen atoms in total. The fraction of sp³-hybridized carbons (Fsp3) is 0.350. The van der Waals surface area contributed by atoms with Crippen LogP contribution < -0.4 is 16.0 Å². The zero-order chi connectivity index (χ0) is 22.5. The monoisotopic (exact) mass is 453 g/mol. The molecule has 0 spiro atoms. The Morgan fingerprint density at radius 2 is 1.97 bits per heavy atom. The first-order chi connectivity index (χ1) is 14.6. The number of aryl methyl sites for hydroxylation is 1. The normalized spacial score (nSPS) is 15.1. The third kappa shape index (κ3) is 3.76. The van der Waals surface area contributed by atoms with Gasteiger partial charge in [-0.3, -0.25) is 19.4 Å². The van der Waals surface area contributed by atoms with Crippen molar-refractivity contribution >= 4 is 17.3 Å². The maximum atomic E-state index is 13.6. The van der Waals surface area contributed by atoms with Crippen LogP contribution in [0.15, 0.2) is 34.0 Å². The van der Waals surface area contributed by atoms with Gasteiger partial charge in [-0.05, 0) is 25.5 Å². The second-order valence-electron chi connectivity index (χ2n) is 7.57. The average Bonchev–Trinajstić information content (AvgIpc) is 3.05. The van der Waals surface area contributed by atoms with Crippen molar-refractivity contribution in [1.82, 2.24) is 20.0 Å². The molecule has 1 aliphatic rings. The van der Waals surface area contributed by atoms with Gasteiger partial charge in [-0.15, -0.1) is 0 Å². The predicted octanol–water partition coefficient (Wildman–Crippen LogP) is 3.41. The van der Waals surface area contributed by atoms with Crippen LogP contribution in [0, 0.1) is 6.92 Å². The molecule has 11 heteroatoms. The van der Waals surface area contributed by atoms with Crippen molar-refractivity contribution < 1.29 is 13.2 Å². The molecule has 1 aromatic carbocycles. The van der Waals surface area contributed by atoms with Crippen LogP contribution in [0.3, 0.4) is 0 Å². The smallest absolute Gasteiger partial charge is 0.364 e. The van der Waals surface area contributed by atoms with E-state index in [1.807, 2.05) is 0 Å². The maximum Gasteiger partial charge on any atom is 0.416 e. The number of nitrogens with zero attached hydrogens (tertiary/aromatic N) is 3. The maximum absolute atomic E-state index is 13.6. The Kier molecular flexibility index (Phi) is 5.20. The van der Waals surface area contributed by atoms with Gasteiger partial charge in [0.2, 0.25) is 0 Å². The lowest BCUT2D eigenvalue weighted by Crippen LogP contribution is -2.34. The molecule has 0 saturated carbocycles. The number of H-pyrrole nitrogens is 2. The summed E-state index contributed by atoms with van der Waals surface area (Å²) in [5.74, 6) is 0. The lowest BCUT2D eigenvalue weighted by molar-refractivity contribution is -0.138. The highest BCUT2D eigenvalue weighted by atomic mass is 35.5. The number of aromatic amines is 2. The van der Waals surface area contributed by atoms with Gasteiger partial charge in [0, 0.05) is 18.7 Å². The molecule has 2 aromatic heterocycles. The molecule has 0 amide bonds. The van der Waals surface area contributed by atoms with Crippen LogP contribution >= 0.6 is 11.6 Å². The van der Waals surface area contributed by atoms with Crippen molar-refractivity contribution in [2.24, 2.45) is 0 Å². The first-order valence-corrected chi connectivity index (χ1v) is 9.94. The first kappa shape index (κ1) is 21.2. The van der Waals surface area contributed by atoms with Crippen LogP contribution in [0.4, 0.5) is 18.9 Å². The van der Waals surface area contributed by atoms with Crippen LogP contribution in [0.1, 0.15) is 40.9 Å². The Labute approximate surface area is 179 Å². The van der Waals surface area contributed by atoms with Gasteiger partial charge in [0.05, 0.1) is 35.6 Å². The lowest BCUT2D eigenvalue weighted by atomic mass is 9.98. The summed E-state index contributed by atoms with van der Waals surface area (Å²) in [6.45, 7) is 3.81. The van der Waals surface area contributed by atoms with E-state index in [1.54, 1.807) is 24.8 Å². The molecule has 31 heavy (non-hydrogen) atoms. The summed E-state index contributed by atoms with van der Waals surface area (Å²) in [7, 11) is 0. The second-order valence-corrected chi connectivity index (χ2v) is 7.95. The summed E-state index contributed by atoms with van der Waals surface area (Å²) in [6.07, 6.45) is -2.72. The van der Waals surface area contributed by atoms with Crippen LogP contribution in [-0.2, 0) is 19.1 Å². The Balaban J connectivity index is 1.73. The van der Waals surface area contributed by atoms with Gasteiger partial charge in [0.25, 0.3) is 11.1 Å². The molecule has 0 radical (unpaired) electrons. The minimum Gasteiger partial charge on any atom is -0.364 e. The molecule has 1 aliphatic heterocycles. The Hall–Kier alpha value is -3.01. The van der Waals surface area contributed by atoms with Crippen LogP contribution in [0.2, 0.25) is 5.02 Å². The van der Waals surface area contributed by atoms with E-state index >= 15 is 0 Å². The minimum atomic E-state index is -4.51. The number of alkyl halides is 3. The number of benzene rings is 1. The van der Waals surface area contributed by atoms with E-state index in [0.717, 1.165) is 6.07 Å². The number of hydrogen-bond acceptors (Lipinski definition) is 4. The van der Waals surface area contributed by atoms with Crippen LogP contribution in [-0.4, -0.2) is 26.5 Å². The number of nitrogens with one attached hydrogen (secondary N) is 2. The zero-order valence-electron chi connectivity index (χ0n) is 16.7. The number of aromatic nitrogens is 4. The zero-order valence-corrected chi connectivity index (χ0v) is 17.4. The fourth-order valence-electron chi connectivity index (χ4n) is 4.02. The first-order valence-electron chi connectivity index (χ1n) is 9.56. The summed E-state index contributed by atoms with van der Waals surface area (Å²) < 4.78 is 42.4. The second kappa shape index (κ2) is 7.60. The van der Waals surface area contributed by atoms with E-state index in [0.29, 0.717) is 35.5 Å². The van der Waals surface area contributed by atoms with E-state index < -0.39 is 23.3 Å². The molecule has 0 saturated heterocycles. The fourth-order valence-corrected chi connectivity index (χ4v) is 4.23. The Morgan fingerprint density at radius 1 is 1.23 bits per heavy atom. The van der Waals surface area contributed by atoms with E-state index in [-0.39, 0.29) is 22.7 Å². The van der Waals surface area contributed by atoms with Crippen molar-refractivity contribution in [2.45, 2.75) is 39.0 Å². The standard InChI is InChI=1S/C20H19ClF3N5O2/c1-10-3-4-12(14(7-10)20(22,23)24)11(2)29-15-5-6-28(9-13(15)18(30)27-29)16-8-25-26-19(31)17(16)21/h3-4,7-8,11H,5-6,9H2,1-2H3,(H,26,31)(H,27,30)/t11-/m0/s1. The van der Waals surface area contributed by atoms with Crippen molar-refractivity contribution in [1.29, 1.82) is 0 Å². The lowest BCUT2D eigenvalue weighted by Gasteiger charge is -2.30. The van der Waals surface area contributed by atoms with Crippen molar-refractivity contribution in [3.05, 3.63) is 78.1 Å². The van der Waals surface area contributed by atoms with Gasteiger partial charge in [0.1, 0.15) is 5.02 Å². The van der Waals surface area contributed by atoms with E-state index in [1.165, 1.54) is 16.9 Å². The van der Waals surface area contributed by atoms with Crippen LogP contribution in [0.5, 0.6) is 0 Å². The molecule has 4 rings (SSSR count). The van der Waals surface area contributed by atoms with Crippen molar-refractivity contribution in [3.63, 3.8) is 0 Å². The largest absolute Gasteiger partial charge is 0.416 e. The molecular weight excluding hydrogens is 435 g/mol.